The van der Waals surface area contributed by atoms with Crippen LogP contribution in [-0.4, -0.2) is 36.8 Å². The second kappa shape index (κ2) is 10.4. The zero-order valence-corrected chi connectivity index (χ0v) is 19.6. The lowest BCUT2D eigenvalue weighted by atomic mass is 9.73. The second-order valence-corrected chi connectivity index (χ2v) is 8.78. The topological polar surface area (TPSA) is 54.5 Å². The van der Waals surface area contributed by atoms with E-state index in [0.29, 0.717) is 12.5 Å². The van der Waals surface area contributed by atoms with Gasteiger partial charge in [0.15, 0.2) is 0 Å². The van der Waals surface area contributed by atoms with Gasteiger partial charge in [0.05, 0.1) is 5.41 Å². The Morgan fingerprint density at radius 3 is 2.52 bits per heavy atom. The summed E-state index contributed by atoms with van der Waals surface area (Å²) in [6, 6.07) is 12.6. The smallest absolute Gasteiger partial charge is 0.226 e. The van der Waals surface area contributed by atoms with Gasteiger partial charge in [-0.1, -0.05) is 38.1 Å². The standard InChI is InChI=1S/C23H29N3O2.CH3FS/c1-16-13-20(26-11-4-12-26)14-21(25-16)28-15-18-5-7-19(8-6-18)17(2)23(3)9-10-24-22(23)27;1-3-2/h5-8,13-14,17H,4,9-12,15H2,1-3H3,(H,24,27);1H3/t17?,23-;/m0./s1. The van der Waals surface area contributed by atoms with Crippen LogP contribution in [0.15, 0.2) is 36.4 Å². The number of nitrogens with one attached hydrogen (secondary N) is 1. The number of halogens is 1. The predicted molar refractivity (Wildman–Crippen MR) is 125 cm³/mol. The molecule has 2 aromatic rings. The summed E-state index contributed by atoms with van der Waals surface area (Å²) in [5, 5.41) is 2.97. The molecule has 5 nitrogen and oxygen atoms in total. The molecule has 0 spiro atoms. The number of carbonyl (C=O) groups excluding carboxylic acids is 1. The van der Waals surface area contributed by atoms with E-state index in [9.17, 15) is 8.68 Å². The van der Waals surface area contributed by atoms with Crippen LogP contribution in [0.3, 0.4) is 0 Å². The van der Waals surface area contributed by atoms with Crippen molar-refractivity contribution in [3.8, 4) is 5.88 Å². The van der Waals surface area contributed by atoms with Crippen LogP contribution in [0.2, 0.25) is 0 Å². The van der Waals surface area contributed by atoms with Crippen molar-refractivity contribution >= 4 is 23.7 Å². The SMILES string of the molecule is CSF.Cc1cc(N2CCC2)cc(OCc2ccc(C(C)[C@]3(C)CCNC3=O)cc2)n1. The van der Waals surface area contributed by atoms with E-state index >= 15 is 0 Å². The number of amides is 1. The average Bonchev–Trinajstić information content (AvgIpc) is 3.05. The van der Waals surface area contributed by atoms with Crippen molar-refractivity contribution in [1.29, 1.82) is 0 Å². The van der Waals surface area contributed by atoms with E-state index in [1.54, 1.807) is 0 Å². The largest absolute Gasteiger partial charge is 0.473 e. The van der Waals surface area contributed by atoms with Crippen molar-refractivity contribution in [3.05, 3.63) is 53.2 Å². The molecule has 1 unspecified atom stereocenters. The molecule has 2 aliphatic heterocycles. The molecule has 2 saturated heterocycles. The maximum absolute atomic E-state index is 12.2. The maximum Gasteiger partial charge on any atom is 0.226 e. The molecular formula is C24H32FN3O2S. The number of anilines is 1. The molecule has 2 aliphatic rings. The van der Waals surface area contributed by atoms with Gasteiger partial charge in [0, 0.05) is 55.5 Å². The van der Waals surface area contributed by atoms with Crippen LogP contribution < -0.4 is 15.0 Å². The zero-order valence-electron chi connectivity index (χ0n) is 18.8. The number of hydrogen-bond acceptors (Lipinski definition) is 5. The quantitative estimate of drug-likeness (QED) is 0.675. The van der Waals surface area contributed by atoms with Gasteiger partial charge in [0.1, 0.15) is 6.61 Å². The number of aromatic nitrogens is 1. The summed E-state index contributed by atoms with van der Waals surface area (Å²) in [5.74, 6) is 1.02. The van der Waals surface area contributed by atoms with Gasteiger partial charge >= 0.3 is 0 Å². The zero-order chi connectivity index (χ0) is 22.4. The Balaban J connectivity index is 0.000000858. The molecule has 1 aromatic heterocycles. The van der Waals surface area contributed by atoms with E-state index in [1.165, 1.54) is 23.9 Å². The lowest BCUT2D eigenvalue weighted by Gasteiger charge is -2.33. The van der Waals surface area contributed by atoms with Gasteiger partial charge < -0.3 is 15.0 Å². The molecule has 4 rings (SSSR count). The Hall–Kier alpha value is -2.28. The molecule has 0 aliphatic carbocycles. The van der Waals surface area contributed by atoms with E-state index in [1.807, 2.05) is 13.0 Å². The predicted octanol–water partition coefficient (Wildman–Crippen LogP) is 5.04. The van der Waals surface area contributed by atoms with E-state index in [2.05, 4.69) is 59.4 Å². The fourth-order valence-corrected chi connectivity index (χ4v) is 4.04. The highest BCUT2D eigenvalue weighted by Gasteiger charge is 2.42. The first-order chi connectivity index (χ1) is 14.9. The molecule has 168 valence electrons. The molecule has 1 amide bonds. The number of pyridine rings is 1. The van der Waals surface area contributed by atoms with Crippen molar-refractivity contribution in [2.75, 3.05) is 30.8 Å². The third kappa shape index (κ3) is 5.50. The molecule has 3 heterocycles. The third-order valence-electron chi connectivity index (χ3n) is 6.41. The van der Waals surface area contributed by atoms with Crippen LogP contribution in [0.25, 0.3) is 0 Å². The normalized spacial score (nSPS) is 20.9. The minimum absolute atomic E-state index is 0.163. The number of benzene rings is 1. The average molecular weight is 446 g/mol. The van der Waals surface area contributed by atoms with E-state index in [-0.39, 0.29) is 29.4 Å². The first-order valence-electron chi connectivity index (χ1n) is 10.8. The Morgan fingerprint density at radius 2 is 1.97 bits per heavy atom. The molecule has 2 fully saturated rings. The summed E-state index contributed by atoms with van der Waals surface area (Å²) >= 11 is 0.250. The summed E-state index contributed by atoms with van der Waals surface area (Å²) in [7, 11) is 0. The summed E-state index contributed by atoms with van der Waals surface area (Å²) in [6.45, 7) is 9.70. The first kappa shape index (κ1) is 23.4. The van der Waals surface area contributed by atoms with Crippen LogP contribution >= 0.6 is 12.1 Å². The lowest BCUT2D eigenvalue weighted by molar-refractivity contribution is -0.127. The lowest BCUT2D eigenvalue weighted by Crippen LogP contribution is -2.37. The molecule has 1 aromatic carbocycles. The van der Waals surface area contributed by atoms with E-state index < -0.39 is 0 Å². The van der Waals surface area contributed by atoms with Gasteiger partial charge in [-0.25, -0.2) is 4.98 Å². The molecule has 0 saturated carbocycles. The van der Waals surface area contributed by atoms with Crippen molar-refractivity contribution in [2.45, 2.75) is 46.1 Å². The summed E-state index contributed by atoms with van der Waals surface area (Å²) in [4.78, 5) is 19.1. The van der Waals surface area contributed by atoms with Crippen LogP contribution in [0.5, 0.6) is 5.88 Å². The van der Waals surface area contributed by atoms with Gasteiger partial charge in [0.25, 0.3) is 0 Å². The van der Waals surface area contributed by atoms with Crippen molar-refractivity contribution < 1.29 is 13.4 Å². The van der Waals surface area contributed by atoms with Gasteiger partial charge in [-0.3, -0.25) is 4.79 Å². The van der Waals surface area contributed by atoms with Crippen LogP contribution in [-0.2, 0) is 11.4 Å². The molecule has 2 atom stereocenters. The molecule has 0 radical (unpaired) electrons. The van der Waals surface area contributed by atoms with Gasteiger partial charge in [0.2, 0.25) is 11.8 Å². The van der Waals surface area contributed by atoms with E-state index in [0.717, 1.165) is 37.3 Å². The van der Waals surface area contributed by atoms with Crippen molar-refractivity contribution in [1.82, 2.24) is 10.3 Å². The number of aryl methyl sites for hydroxylation is 1. The van der Waals surface area contributed by atoms with Crippen LogP contribution in [0.4, 0.5) is 9.57 Å². The fourth-order valence-electron chi connectivity index (χ4n) is 4.04. The molecule has 7 heteroatoms. The summed E-state index contributed by atoms with van der Waals surface area (Å²) in [5.41, 5.74) is 4.15. The number of ether oxygens (including phenoxy) is 1. The van der Waals surface area contributed by atoms with Gasteiger partial charge in [-0.15, -0.1) is 0 Å². The number of nitrogens with zero attached hydrogens (tertiary/aromatic N) is 2. The van der Waals surface area contributed by atoms with E-state index in [4.69, 9.17) is 4.74 Å². The van der Waals surface area contributed by atoms with Crippen LogP contribution in [0.1, 0.15) is 49.4 Å². The number of rotatable bonds is 6. The van der Waals surface area contributed by atoms with Crippen molar-refractivity contribution in [3.63, 3.8) is 0 Å². The Labute approximate surface area is 189 Å². The summed E-state index contributed by atoms with van der Waals surface area (Å²) in [6.07, 6.45) is 3.51. The van der Waals surface area contributed by atoms with Gasteiger partial charge in [-0.2, -0.15) is 3.89 Å². The maximum atomic E-state index is 12.2. The Kier molecular flexibility index (Phi) is 7.81. The first-order valence-corrected chi connectivity index (χ1v) is 11.9. The Bertz CT molecular complexity index is 889. The number of carbonyl (C=O) groups is 1. The third-order valence-corrected chi connectivity index (χ3v) is 6.41. The number of hydrogen-bond donors (Lipinski definition) is 1. The second-order valence-electron chi connectivity index (χ2n) is 8.48. The summed E-state index contributed by atoms with van der Waals surface area (Å²) < 4.78 is 16.2. The van der Waals surface area contributed by atoms with Crippen molar-refractivity contribution in [2.24, 2.45) is 5.41 Å². The molecule has 1 N–H and O–H groups in total. The molecule has 31 heavy (non-hydrogen) atoms. The minimum Gasteiger partial charge on any atom is -0.473 e. The highest BCUT2D eigenvalue weighted by atomic mass is 32.2. The highest BCUT2D eigenvalue weighted by molar-refractivity contribution is 7.93. The van der Waals surface area contributed by atoms with Gasteiger partial charge in [-0.05, 0) is 42.9 Å². The fraction of sp³-hybridized carbons (Fsp3) is 0.500. The molecular weight excluding hydrogens is 413 g/mol. The van der Waals surface area contributed by atoms with Crippen LogP contribution in [0, 0.1) is 12.3 Å². The monoisotopic (exact) mass is 445 g/mol. The minimum atomic E-state index is -0.323. The Morgan fingerprint density at radius 1 is 1.29 bits per heavy atom. The highest BCUT2D eigenvalue weighted by Crippen LogP contribution is 2.41. The molecule has 0 bridgehead atoms.